The molecule has 0 bridgehead atoms. The maximum Gasteiger partial charge on any atom is 0.354 e. The summed E-state index contributed by atoms with van der Waals surface area (Å²) in [7, 11) is 0. The molecule has 0 spiro atoms. The molecule has 0 amide bonds. The molecular formula is C25H16ClN3O6. The third-order valence-corrected chi connectivity index (χ3v) is 5.99. The first-order valence-corrected chi connectivity index (χ1v) is 10.8. The number of hydrogen-bond donors (Lipinski definition) is 3. The average molecular weight is 490 g/mol. The van der Waals surface area contributed by atoms with Gasteiger partial charge in [-0.2, -0.15) is 0 Å². The fourth-order valence-electron chi connectivity index (χ4n) is 4.24. The van der Waals surface area contributed by atoms with Crippen LogP contribution in [0.25, 0.3) is 27.5 Å². The molecule has 3 N–H and O–H groups in total. The van der Waals surface area contributed by atoms with Gasteiger partial charge < -0.3 is 19.8 Å². The van der Waals surface area contributed by atoms with Gasteiger partial charge in [-0.05, 0) is 42.0 Å². The monoisotopic (exact) mass is 489 g/mol. The lowest BCUT2D eigenvalue weighted by atomic mass is 10.1. The normalized spacial score (nSPS) is 11.2. The molecule has 0 fully saturated rings. The van der Waals surface area contributed by atoms with Crippen LogP contribution in [-0.2, 0) is 6.54 Å². The number of carboxylic acid groups (broad SMARTS) is 2. The second kappa shape index (κ2) is 8.30. The predicted molar refractivity (Wildman–Crippen MR) is 130 cm³/mol. The molecule has 2 aromatic heterocycles. The second-order valence-corrected chi connectivity index (χ2v) is 8.31. The Labute approximate surface area is 201 Å². The van der Waals surface area contributed by atoms with E-state index in [9.17, 15) is 29.4 Å². The van der Waals surface area contributed by atoms with Crippen LogP contribution in [0.15, 0.2) is 76.3 Å². The minimum atomic E-state index is -1.34. The number of fused-ring (bicyclic) bond motifs is 2. The van der Waals surface area contributed by atoms with Crippen molar-refractivity contribution in [3.63, 3.8) is 0 Å². The second-order valence-electron chi connectivity index (χ2n) is 7.87. The van der Waals surface area contributed by atoms with Gasteiger partial charge in [-0.15, -0.1) is 0 Å². The number of nitrogens with zero attached hydrogens (tertiary/aromatic N) is 2. The first-order valence-electron chi connectivity index (χ1n) is 10.4. The topological polar surface area (TPSA) is 134 Å². The highest BCUT2D eigenvalue weighted by molar-refractivity contribution is 6.31. The van der Waals surface area contributed by atoms with E-state index in [0.717, 1.165) is 10.1 Å². The SMILES string of the molecule is O=C(O)c1ccc2c(=O)n(-c3c(C(=O)O)n(Cc4ccccc4)c4ccc(Cl)cc34)c(=O)[nH]c2c1. The van der Waals surface area contributed by atoms with Crippen molar-refractivity contribution in [2.75, 3.05) is 0 Å². The molecule has 2 heterocycles. The van der Waals surface area contributed by atoms with Gasteiger partial charge in [-0.1, -0.05) is 41.9 Å². The Morgan fingerprint density at radius 1 is 0.886 bits per heavy atom. The maximum atomic E-state index is 13.5. The molecule has 0 radical (unpaired) electrons. The molecule has 35 heavy (non-hydrogen) atoms. The first-order chi connectivity index (χ1) is 16.8. The summed E-state index contributed by atoms with van der Waals surface area (Å²) in [6.07, 6.45) is 0. The molecule has 3 aromatic carbocycles. The lowest BCUT2D eigenvalue weighted by molar-refractivity contribution is 0.0679. The van der Waals surface area contributed by atoms with Crippen molar-refractivity contribution in [2.24, 2.45) is 0 Å². The predicted octanol–water partition coefficient (Wildman–Crippen LogP) is 3.73. The number of carboxylic acids is 2. The Hall–Kier alpha value is -4.63. The first kappa shape index (κ1) is 22.2. The van der Waals surface area contributed by atoms with Crippen LogP contribution < -0.4 is 11.2 Å². The number of H-pyrrole nitrogens is 1. The molecule has 174 valence electrons. The van der Waals surface area contributed by atoms with Crippen LogP contribution in [0.1, 0.15) is 26.4 Å². The molecular weight excluding hydrogens is 474 g/mol. The minimum absolute atomic E-state index is 0.0249. The number of hydrogen-bond acceptors (Lipinski definition) is 4. The fraction of sp³-hybridized carbons (Fsp3) is 0.0400. The smallest absolute Gasteiger partial charge is 0.354 e. The number of aromatic nitrogens is 3. The van der Waals surface area contributed by atoms with Gasteiger partial charge >= 0.3 is 17.6 Å². The van der Waals surface area contributed by atoms with E-state index in [1.54, 1.807) is 12.1 Å². The molecule has 0 saturated heterocycles. The quantitative estimate of drug-likeness (QED) is 0.344. The van der Waals surface area contributed by atoms with Gasteiger partial charge in [-0.3, -0.25) is 4.79 Å². The standard InChI is InChI=1S/C25H16ClN3O6/c26-15-7-9-19-17(11-15)20(21(24(33)34)28(19)12-13-4-2-1-3-5-13)29-22(30)16-8-6-14(23(31)32)10-18(16)27-25(29)35/h1-11H,12H2,(H,27,35)(H,31,32)(H,33,34). The molecule has 5 aromatic rings. The zero-order valence-electron chi connectivity index (χ0n) is 17.9. The number of carbonyl (C=O) groups is 2. The molecule has 0 atom stereocenters. The van der Waals surface area contributed by atoms with E-state index in [-0.39, 0.29) is 34.4 Å². The van der Waals surface area contributed by atoms with Crippen LogP contribution in [0.4, 0.5) is 0 Å². The van der Waals surface area contributed by atoms with Crippen LogP contribution in [0, 0.1) is 0 Å². The highest BCUT2D eigenvalue weighted by Crippen LogP contribution is 2.32. The maximum absolute atomic E-state index is 13.5. The summed E-state index contributed by atoms with van der Waals surface area (Å²) in [6, 6.07) is 17.6. The number of nitrogens with one attached hydrogen (secondary N) is 1. The highest BCUT2D eigenvalue weighted by Gasteiger charge is 2.27. The van der Waals surface area contributed by atoms with Crippen molar-refractivity contribution in [2.45, 2.75) is 6.54 Å². The van der Waals surface area contributed by atoms with Gasteiger partial charge in [0.05, 0.1) is 27.7 Å². The summed E-state index contributed by atoms with van der Waals surface area (Å²) >= 11 is 6.22. The average Bonchev–Trinajstić information content (AvgIpc) is 3.12. The molecule has 10 heteroatoms. The Morgan fingerprint density at radius 3 is 2.31 bits per heavy atom. The fourth-order valence-corrected chi connectivity index (χ4v) is 4.41. The van der Waals surface area contributed by atoms with E-state index in [0.29, 0.717) is 15.9 Å². The van der Waals surface area contributed by atoms with Crippen molar-refractivity contribution in [3.05, 3.63) is 109 Å². The molecule has 0 unspecified atom stereocenters. The summed E-state index contributed by atoms with van der Waals surface area (Å²) < 4.78 is 2.27. The van der Waals surface area contributed by atoms with Crippen LogP contribution in [-0.4, -0.2) is 36.3 Å². The van der Waals surface area contributed by atoms with E-state index >= 15 is 0 Å². The van der Waals surface area contributed by atoms with Gasteiger partial charge in [0, 0.05) is 17.0 Å². The minimum Gasteiger partial charge on any atom is -0.478 e. The van der Waals surface area contributed by atoms with Crippen LogP contribution >= 0.6 is 11.6 Å². The third kappa shape index (κ3) is 3.68. The van der Waals surface area contributed by atoms with E-state index < -0.39 is 23.2 Å². The number of aromatic amines is 1. The Balaban J connectivity index is 1.88. The summed E-state index contributed by atoms with van der Waals surface area (Å²) in [5, 5.41) is 20.1. The van der Waals surface area contributed by atoms with Crippen molar-refractivity contribution in [3.8, 4) is 5.69 Å². The summed E-state index contributed by atoms with van der Waals surface area (Å²) in [5.74, 6) is -2.56. The molecule has 0 aliphatic heterocycles. The third-order valence-electron chi connectivity index (χ3n) is 5.75. The summed E-state index contributed by atoms with van der Waals surface area (Å²) in [4.78, 5) is 52.9. The summed E-state index contributed by atoms with van der Waals surface area (Å²) in [6.45, 7) is 0.169. The van der Waals surface area contributed by atoms with E-state index in [1.165, 1.54) is 28.8 Å². The van der Waals surface area contributed by atoms with Crippen molar-refractivity contribution >= 4 is 45.3 Å². The summed E-state index contributed by atoms with van der Waals surface area (Å²) in [5.41, 5.74) is -0.885. The number of halogens is 1. The molecule has 0 saturated carbocycles. The molecule has 9 nitrogen and oxygen atoms in total. The van der Waals surface area contributed by atoms with Gasteiger partial charge in [0.25, 0.3) is 5.56 Å². The zero-order chi connectivity index (χ0) is 24.9. The number of rotatable bonds is 5. The van der Waals surface area contributed by atoms with Crippen molar-refractivity contribution < 1.29 is 19.8 Å². The highest BCUT2D eigenvalue weighted by atomic mass is 35.5. The van der Waals surface area contributed by atoms with Gasteiger partial charge in [0.1, 0.15) is 0 Å². The Bertz CT molecular complexity index is 1780. The van der Waals surface area contributed by atoms with E-state index in [4.69, 9.17) is 11.6 Å². The van der Waals surface area contributed by atoms with E-state index in [1.807, 2.05) is 30.3 Å². The van der Waals surface area contributed by atoms with Gasteiger partial charge in [0.15, 0.2) is 5.69 Å². The van der Waals surface area contributed by atoms with Crippen LogP contribution in [0.2, 0.25) is 5.02 Å². The molecule has 0 aliphatic rings. The van der Waals surface area contributed by atoms with Crippen LogP contribution in [0.5, 0.6) is 0 Å². The molecule has 0 aliphatic carbocycles. The molecule has 5 rings (SSSR count). The van der Waals surface area contributed by atoms with E-state index in [2.05, 4.69) is 4.98 Å². The van der Waals surface area contributed by atoms with Crippen molar-refractivity contribution in [1.82, 2.24) is 14.1 Å². The lowest BCUT2D eigenvalue weighted by Gasteiger charge is -2.10. The van der Waals surface area contributed by atoms with Gasteiger partial charge in [0.2, 0.25) is 0 Å². The zero-order valence-corrected chi connectivity index (χ0v) is 18.6. The van der Waals surface area contributed by atoms with Crippen LogP contribution in [0.3, 0.4) is 0 Å². The Kier molecular flexibility index (Phi) is 5.26. The largest absolute Gasteiger partial charge is 0.478 e. The number of aromatic carboxylic acids is 2. The number of benzene rings is 3. The Morgan fingerprint density at radius 2 is 1.63 bits per heavy atom. The van der Waals surface area contributed by atoms with Crippen molar-refractivity contribution in [1.29, 1.82) is 0 Å². The lowest BCUT2D eigenvalue weighted by Crippen LogP contribution is -2.34. The van der Waals surface area contributed by atoms with Gasteiger partial charge in [-0.25, -0.2) is 19.0 Å².